The third kappa shape index (κ3) is 5.33. The Bertz CT molecular complexity index is 955. The summed E-state index contributed by atoms with van der Waals surface area (Å²) in [5, 5.41) is 3.26. The summed E-state index contributed by atoms with van der Waals surface area (Å²) in [7, 11) is 0.179. The van der Waals surface area contributed by atoms with Crippen LogP contribution in [0.3, 0.4) is 0 Å². The van der Waals surface area contributed by atoms with E-state index in [0.717, 1.165) is 24.0 Å². The monoisotopic (exact) mass is 418 g/mol. The number of sulfonamides is 1. The number of halogens is 1. The molecule has 0 radical (unpaired) electrons. The molecule has 0 amide bonds. The van der Waals surface area contributed by atoms with Crippen LogP contribution in [0, 0.1) is 5.82 Å². The van der Waals surface area contributed by atoms with Gasteiger partial charge in [-0.05, 0) is 48.2 Å². The van der Waals surface area contributed by atoms with Crippen molar-refractivity contribution in [3.8, 4) is 0 Å². The molecule has 1 N–H and O–H groups in total. The molecule has 3 rings (SSSR count). The first-order valence-corrected chi connectivity index (χ1v) is 11.1. The number of aliphatic imine (C=N–C) groups is 1. The number of rotatable bonds is 6. The Morgan fingerprint density at radius 2 is 1.83 bits per heavy atom. The minimum Gasteiger partial charge on any atom is -0.352 e. The summed E-state index contributed by atoms with van der Waals surface area (Å²) in [6.07, 6.45) is 1.84. The van der Waals surface area contributed by atoms with E-state index in [1.807, 2.05) is 30.1 Å². The van der Waals surface area contributed by atoms with Gasteiger partial charge in [0.15, 0.2) is 5.96 Å². The lowest BCUT2D eigenvalue weighted by Gasteiger charge is -2.22. The summed E-state index contributed by atoms with van der Waals surface area (Å²) >= 11 is 0. The Morgan fingerprint density at radius 1 is 1.14 bits per heavy atom. The molecule has 1 aliphatic heterocycles. The highest BCUT2D eigenvalue weighted by Crippen LogP contribution is 2.21. The van der Waals surface area contributed by atoms with Crippen molar-refractivity contribution in [3.05, 3.63) is 65.5 Å². The maximum absolute atomic E-state index is 13.4. The first-order chi connectivity index (χ1) is 13.9. The molecule has 1 aliphatic rings. The van der Waals surface area contributed by atoms with Gasteiger partial charge in [-0.1, -0.05) is 24.3 Å². The minimum absolute atomic E-state index is 0.261. The molecule has 0 aromatic heterocycles. The molecule has 6 nitrogen and oxygen atoms in total. The summed E-state index contributed by atoms with van der Waals surface area (Å²) in [6, 6.07) is 13.4. The fourth-order valence-corrected chi connectivity index (χ4v) is 4.92. The molecule has 2 aromatic carbocycles. The van der Waals surface area contributed by atoms with Gasteiger partial charge in [0.2, 0.25) is 10.0 Å². The predicted molar refractivity (Wildman–Crippen MR) is 113 cm³/mol. The van der Waals surface area contributed by atoms with Gasteiger partial charge in [-0.15, -0.1) is 0 Å². The average Bonchev–Trinajstić information content (AvgIpc) is 3.24. The van der Waals surface area contributed by atoms with Crippen LogP contribution in [0.4, 0.5) is 4.39 Å². The van der Waals surface area contributed by atoms with E-state index in [2.05, 4.69) is 10.3 Å². The molecule has 29 heavy (non-hydrogen) atoms. The van der Waals surface area contributed by atoms with E-state index in [0.29, 0.717) is 37.0 Å². The fraction of sp³-hybridized carbons (Fsp3) is 0.381. The zero-order chi connectivity index (χ0) is 20.9. The van der Waals surface area contributed by atoms with Crippen LogP contribution in [0.15, 0.2) is 58.4 Å². The van der Waals surface area contributed by atoms with Gasteiger partial charge in [-0.2, -0.15) is 4.31 Å². The lowest BCUT2D eigenvalue weighted by Crippen LogP contribution is -2.38. The van der Waals surface area contributed by atoms with E-state index in [1.54, 1.807) is 29.6 Å². The number of hydrogen-bond donors (Lipinski definition) is 1. The van der Waals surface area contributed by atoms with Crippen LogP contribution >= 0.6 is 0 Å². The molecular weight excluding hydrogens is 391 g/mol. The summed E-state index contributed by atoms with van der Waals surface area (Å²) in [5.74, 6) is 0.408. The van der Waals surface area contributed by atoms with Crippen LogP contribution < -0.4 is 5.32 Å². The molecule has 8 heteroatoms. The van der Waals surface area contributed by atoms with Crippen LogP contribution in [-0.2, 0) is 23.1 Å². The Hall–Kier alpha value is -2.45. The zero-order valence-corrected chi connectivity index (χ0v) is 17.6. The minimum atomic E-state index is -3.39. The predicted octanol–water partition coefficient (Wildman–Crippen LogP) is 2.82. The Morgan fingerprint density at radius 3 is 2.45 bits per heavy atom. The molecule has 0 aliphatic carbocycles. The van der Waals surface area contributed by atoms with Crippen molar-refractivity contribution in [1.82, 2.24) is 14.5 Å². The highest BCUT2D eigenvalue weighted by Gasteiger charge is 2.26. The van der Waals surface area contributed by atoms with E-state index in [4.69, 9.17) is 0 Å². The number of nitrogens with one attached hydrogen (secondary N) is 1. The summed E-state index contributed by atoms with van der Waals surface area (Å²) in [5.41, 5.74) is 1.80. The number of nitrogens with zero attached hydrogens (tertiary/aromatic N) is 3. The van der Waals surface area contributed by atoms with Crippen molar-refractivity contribution >= 4 is 16.0 Å². The van der Waals surface area contributed by atoms with Gasteiger partial charge >= 0.3 is 0 Å². The Balaban J connectivity index is 1.59. The molecule has 1 heterocycles. The molecule has 0 bridgehead atoms. The normalized spacial score (nSPS) is 15.5. The maximum atomic E-state index is 13.4. The molecule has 156 valence electrons. The molecule has 0 saturated carbocycles. The van der Waals surface area contributed by atoms with Gasteiger partial charge < -0.3 is 10.2 Å². The first-order valence-electron chi connectivity index (χ1n) is 9.65. The Labute approximate surface area is 172 Å². The van der Waals surface area contributed by atoms with Gasteiger partial charge in [0, 0.05) is 40.3 Å². The number of guanidine groups is 1. The second-order valence-corrected chi connectivity index (χ2v) is 9.08. The van der Waals surface area contributed by atoms with Gasteiger partial charge in [-0.3, -0.25) is 4.99 Å². The van der Waals surface area contributed by atoms with Gasteiger partial charge in [-0.25, -0.2) is 12.8 Å². The van der Waals surface area contributed by atoms with Crippen LogP contribution in [0.1, 0.15) is 24.0 Å². The van der Waals surface area contributed by atoms with Crippen LogP contribution in [0.2, 0.25) is 0 Å². The van der Waals surface area contributed by atoms with E-state index in [1.165, 1.54) is 12.1 Å². The smallest absolute Gasteiger partial charge is 0.243 e. The standard InChI is InChI=1S/C21H27FN4O2S/c1-23-21(25(2)16-18-6-5-7-19(22)14-18)24-15-17-8-10-20(11-9-17)29(27,28)26-12-3-4-13-26/h5-11,14H,3-4,12-13,15-16H2,1-2H3,(H,23,24). The molecule has 1 fully saturated rings. The zero-order valence-electron chi connectivity index (χ0n) is 16.8. The second-order valence-electron chi connectivity index (χ2n) is 7.14. The van der Waals surface area contributed by atoms with Crippen molar-refractivity contribution in [2.45, 2.75) is 30.8 Å². The van der Waals surface area contributed by atoms with E-state index in [-0.39, 0.29) is 5.82 Å². The SMILES string of the molecule is CN=C(NCc1ccc(S(=O)(=O)N2CCCC2)cc1)N(C)Cc1cccc(F)c1. The van der Waals surface area contributed by atoms with Crippen molar-refractivity contribution in [2.24, 2.45) is 4.99 Å². The Kier molecular flexibility index (Phi) is 6.87. The van der Waals surface area contributed by atoms with Crippen molar-refractivity contribution in [1.29, 1.82) is 0 Å². The first kappa shape index (κ1) is 21.3. The average molecular weight is 419 g/mol. The molecule has 0 spiro atoms. The van der Waals surface area contributed by atoms with E-state index in [9.17, 15) is 12.8 Å². The highest BCUT2D eigenvalue weighted by atomic mass is 32.2. The largest absolute Gasteiger partial charge is 0.352 e. The summed E-state index contributed by atoms with van der Waals surface area (Å²) < 4.78 is 40.1. The molecular formula is C21H27FN4O2S. The second kappa shape index (κ2) is 9.37. The third-order valence-electron chi connectivity index (χ3n) is 4.96. The van der Waals surface area contributed by atoms with Gasteiger partial charge in [0.05, 0.1) is 4.90 Å². The van der Waals surface area contributed by atoms with Gasteiger partial charge in [0.25, 0.3) is 0 Å². The van der Waals surface area contributed by atoms with Gasteiger partial charge in [0.1, 0.15) is 5.82 Å². The quantitative estimate of drug-likeness (QED) is 0.579. The number of benzene rings is 2. The van der Waals surface area contributed by atoms with Crippen molar-refractivity contribution in [3.63, 3.8) is 0 Å². The van der Waals surface area contributed by atoms with E-state index < -0.39 is 10.0 Å². The molecule has 2 aromatic rings. The fourth-order valence-electron chi connectivity index (χ4n) is 3.41. The van der Waals surface area contributed by atoms with E-state index >= 15 is 0 Å². The lowest BCUT2D eigenvalue weighted by atomic mass is 10.2. The molecule has 1 saturated heterocycles. The third-order valence-corrected chi connectivity index (χ3v) is 6.87. The van der Waals surface area contributed by atoms with Crippen LogP contribution in [0.5, 0.6) is 0 Å². The summed E-state index contributed by atoms with van der Waals surface area (Å²) in [6.45, 7) is 2.22. The maximum Gasteiger partial charge on any atom is 0.243 e. The lowest BCUT2D eigenvalue weighted by molar-refractivity contribution is 0.474. The molecule has 0 atom stereocenters. The van der Waals surface area contributed by atoms with Crippen LogP contribution in [0.25, 0.3) is 0 Å². The van der Waals surface area contributed by atoms with Crippen molar-refractivity contribution < 1.29 is 12.8 Å². The number of hydrogen-bond acceptors (Lipinski definition) is 3. The highest BCUT2D eigenvalue weighted by molar-refractivity contribution is 7.89. The van der Waals surface area contributed by atoms with Crippen molar-refractivity contribution in [2.75, 3.05) is 27.2 Å². The van der Waals surface area contributed by atoms with Crippen LogP contribution in [-0.4, -0.2) is 50.8 Å². The topological polar surface area (TPSA) is 65.0 Å². The molecule has 0 unspecified atom stereocenters. The summed E-state index contributed by atoms with van der Waals surface area (Å²) in [4.78, 5) is 6.50.